The molecule has 2 aromatic rings. The average molecular weight is 370 g/mol. The molecule has 0 radical (unpaired) electrons. The van der Waals surface area contributed by atoms with Gasteiger partial charge < -0.3 is 14.7 Å². The van der Waals surface area contributed by atoms with Gasteiger partial charge in [0, 0.05) is 18.5 Å². The first kappa shape index (κ1) is 16.9. The SMILES string of the molecule is CCOC(=O)c1csc2nc(Cl)nc(N3CCCC(C(=O)O)C3)c12. The van der Waals surface area contributed by atoms with Gasteiger partial charge in [-0.15, -0.1) is 11.3 Å². The van der Waals surface area contributed by atoms with Crippen LogP contribution >= 0.6 is 22.9 Å². The molecule has 1 atom stereocenters. The zero-order chi connectivity index (χ0) is 17.3. The lowest BCUT2D eigenvalue weighted by Gasteiger charge is -2.32. The third-order valence-corrected chi connectivity index (χ3v) is 4.99. The second-order valence-corrected chi connectivity index (χ2v) is 6.69. The van der Waals surface area contributed by atoms with Gasteiger partial charge in [-0.05, 0) is 31.4 Å². The van der Waals surface area contributed by atoms with E-state index in [9.17, 15) is 14.7 Å². The van der Waals surface area contributed by atoms with Crippen LogP contribution in [0.25, 0.3) is 10.2 Å². The summed E-state index contributed by atoms with van der Waals surface area (Å²) in [5, 5.41) is 11.6. The van der Waals surface area contributed by atoms with Crippen molar-refractivity contribution in [2.24, 2.45) is 5.92 Å². The van der Waals surface area contributed by atoms with Crippen molar-refractivity contribution in [1.82, 2.24) is 9.97 Å². The number of carboxylic acids is 1. The van der Waals surface area contributed by atoms with E-state index in [1.54, 1.807) is 12.3 Å². The number of fused-ring (bicyclic) bond motifs is 1. The number of ether oxygens (including phenoxy) is 1. The molecule has 0 amide bonds. The molecule has 0 bridgehead atoms. The van der Waals surface area contributed by atoms with Gasteiger partial charge in [0.1, 0.15) is 10.6 Å². The second-order valence-electron chi connectivity index (χ2n) is 5.49. The van der Waals surface area contributed by atoms with Crippen LogP contribution in [0.15, 0.2) is 5.38 Å². The maximum Gasteiger partial charge on any atom is 0.339 e. The molecule has 0 saturated carbocycles. The van der Waals surface area contributed by atoms with E-state index < -0.39 is 17.9 Å². The van der Waals surface area contributed by atoms with Crippen molar-refractivity contribution in [3.8, 4) is 0 Å². The van der Waals surface area contributed by atoms with Crippen molar-refractivity contribution >= 4 is 50.9 Å². The summed E-state index contributed by atoms with van der Waals surface area (Å²) < 4.78 is 5.09. The van der Waals surface area contributed by atoms with Crippen LogP contribution in [0.5, 0.6) is 0 Å². The molecule has 0 aromatic carbocycles. The zero-order valence-corrected chi connectivity index (χ0v) is 14.6. The number of thiophene rings is 1. The molecule has 1 fully saturated rings. The van der Waals surface area contributed by atoms with Gasteiger partial charge in [0.2, 0.25) is 5.28 Å². The Bertz CT molecular complexity index is 794. The molecule has 7 nitrogen and oxygen atoms in total. The molecule has 1 aliphatic rings. The Kier molecular flexibility index (Phi) is 4.86. The fourth-order valence-electron chi connectivity index (χ4n) is 2.86. The quantitative estimate of drug-likeness (QED) is 0.654. The molecule has 9 heteroatoms. The predicted molar refractivity (Wildman–Crippen MR) is 91.0 cm³/mol. The number of piperidine rings is 1. The smallest absolute Gasteiger partial charge is 0.339 e. The van der Waals surface area contributed by atoms with Crippen molar-refractivity contribution in [2.45, 2.75) is 19.8 Å². The molecule has 2 aromatic heterocycles. The van der Waals surface area contributed by atoms with Gasteiger partial charge in [-0.2, -0.15) is 4.98 Å². The summed E-state index contributed by atoms with van der Waals surface area (Å²) in [7, 11) is 0. The normalized spacial score (nSPS) is 17.9. The Morgan fingerprint density at radius 1 is 1.50 bits per heavy atom. The number of carbonyl (C=O) groups excluding carboxylic acids is 1. The number of aliphatic carboxylic acids is 1. The highest BCUT2D eigenvalue weighted by molar-refractivity contribution is 7.17. The van der Waals surface area contributed by atoms with E-state index in [1.165, 1.54) is 11.3 Å². The van der Waals surface area contributed by atoms with Gasteiger partial charge in [-0.25, -0.2) is 9.78 Å². The standard InChI is InChI=1S/C15H16ClN3O4S/c1-2-23-14(22)9-7-24-12-10(9)11(17-15(16)18-12)19-5-3-4-8(6-19)13(20)21/h7-8H,2-6H2,1H3,(H,20,21). The molecule has 24 heavy (non-hydrogen) atoms. The number of hydrogen-bond donors (Lipinski definition) is 1. The molecule has 1 aliphatic heterocycles. The van der Waals surface area contributed by atoms with Gasteiger partial charge in [0.15, 0.2) is 0 Å². The van der Waals surface area contributed by atoms with E-state index in [-0.39, 0.29) is 11.9 Å². The van der Waals surface area contributed by atoms with Crippen molar-refractivity contribution < 1.29 is 19.4 Å². The fourth-order valence-corrected chi connectivity index (χ4v) is 3.97. The summed E-state index contributed by atoms with van der Waals surface area (Å²) in [6, 6.07) is 0. The highest BCUT2D eigenvalue weighted by Gasteiger charge is 2.29. The average Bonchev–Trinajstić information content (AvgIpc) is 2.98. The Morgan fingerprint density at radius 2 is 2.29 bits per heavy atom. The van der Waals surface area contributed by atoms with Crippen LogP contribution in [0.2, 0.25) is 5.28 Å². The van der Waals surface area contributed by atoms with Crippen LogP contribution in [-0.2, 0) is 9.53 Å². The van der Waals surface area contributed by atoms with Gasteiger partial charge >= 0.3 is 11.9 Å². The number of carbonyl (C=O) groups is 2. The van der Waals surface area contributed by atoms with Crippen molar-refractivity contribution in [1.29, 1.82) is 0 Å². The molecular formula is C15H16ClN3O4S. The van der Waals surface area contributed by atoms with E-state index in [0.29, 0.717) is 41.1 Å². The molecule has 128 valence electrons. The predicted octanol–water partition coefficient (Wildman–Crippen LogP) is 2.82. The van der Waals surface area contributed by atoms with Crippen LogP contribution in [0.4, 0.5) is 5.82 Å². The Labute approximate surface area is 147 Å². The summed E-state index contributed by atoms with van der Waals surface area (Å²) in [5.41, 5.74) is 0.390. The summed E-state index contributed by atoms with van der Waals surface area (Å²) in [4.78, 5) is 34.4. The van der Waals surface area contributed by atoms with Crippen LogP contribution in [0.3, 0.4) is 0 Å². The zero-order valence-electron chi connectivity index (χ0n) is 13.0. The molecule has 3 rings (SSSR count). The highest BCUT2D eigenvalue weighted by atomic mass is 35.5. The molecule has 1 N–H and O–H groups in total. The molecule has 0 spiro atoms. The van der Waals surface area contributed by atoms with E-state index in [1.807, 2.05) is 4.90 Å². The summed E-state index contributed by atoms with van der Waals surface area (Å²) in [5.74, 6) is -1.23. The Morgan fingerprint density at radius 3 is 3.00 bits per heavy atom. The number of carboxylic acid groups (broad SMARTS) is 1. The van der Waals surface area contributed by atoms with Gasteiger partial charge in [0.05, 0.1) is 23.5 Å². The van der Waals surface area contributed by atoms with Crippen LogP contribution in [0, 0.1) is 5.92 Å². The minimum atomic E-state index is -0.827. The van der Waals surface area contributed by atoms with Gasteiger partial charge in [-0.3, -0.25) is 4.79 Å². The Balaban J connectivity index is 2.07. The molecular weight excluding hydrogens is 354 g/mol. The molecule has 0 aliphatic carbocycles. The summed E-state index contributed by atoms with van der Waals surface area (Å²) in [6.45, 7) is 2.99. The number of aromatic nitrogens is 2. The number of hydrogen-bond acceptors (Lipinski definition) is 7. The summed E-state index contributed by atoms with van der Waals surface area (Å²) in [6.07, 6.45) is 1.36. The molecule has 1 saturated heterocycles. The second kappa shape index (κ2) is 6.90. The maximum absolute atomic E-state index is 12.2. The van der Waals surface area contributed by atoms with Crippen molar-refractivity contribution in [2.75, 3.05) is 24.6 Å². The summed E-state index contributed by atoms with van der Waals surface area (Å²) >= 11 is 7.31. The van der Waals surface area contributed by atoms with Crippen molar-refractivity contribution in [3.05, 3.63) is 16.2 Å². The van der Waals surface area contributed by atoms with Crippen molar-refractivity contribution in [3.63, 3.8) is 0 Å². The lowest BCUT2D eigenvalue weighted by molar-refractivity contribution is -0.141. The van der Waals surface area contributed by atoms with Crippen LogP contribution in [0.1, 0.15) is 30.1 Å². The van der Waals surface area contributed by atoms with E-state index in [2.05, 4.69) is 9.97 Å². The van der Waals surface area contributed by atoms with E-state index >= 15 is 0 Å². The van der Waals surface area contributed by atoms with E-state index in [0.717, 1.165) is 6.42 Å². The number of rotatable bonds is 4. The maximum atomic E-state index is 12.2. The molecule has 1 unspecified atom stereocenters. The first-order valence-corrected chi connectivity index (χ1v) is 8.86. The number of nitrogens with zero attached hydrogens (tertiary/aromatic N) is 3. The minimum Gasteiger partial charge on any atom is -0.481 e. The topological polar surface area (TPSA) is 92.6 Å². The fraction of sp³-hybridized carbons (Fsp3) is 0.467. The van der Waals surface area contributed by atoms with Gasteiger partial charge in [-0.1, -0.05) is 0 Å². The van der Waals surface area contributed by atoms with E-state index in [4.69, 9.17) is 16.3 Å². The number of anilines is 1. The third kappa shape index (κ3) is 3.16. The lowest BCUT2D eigenvalue weighted by atomic mass is 9.98. The number of halogens is 1. The van der Waals surface area contributed by atoms with Crippen LogP contribution < -0.4 is 4.90 Å². The third-order valence-electron chi connectivity index (χ3n) is 3.95. The van der Waals surface area contributed by atoms with Gasteiger partial charge in [0.25, 0.3) is 0 Å². The Hall–Kier alpha value is -1.93. The highest BCUT2D eigenvalue weighted by Crippen LogP contribution is 2.35. The first-order chi connectivity index (χ1) is 11.5. The number of esters is 1. The minimum absolute atomic E-state index is 0.0761. The molecule has 3 heterocycles. The largest absolute Gasteiger partial charge is 0.481 e. The first-order valence-electron chi connectivity index (χ1n) is 7.60. The monoisotopic (exact) mass is 369 g/mol. The van der Waals surface area contributed by atoms with Crippen LogP contribution in [-0.4, -0.2) is 46.7 Å². The lowest BCUT2D eigenvalue weighted by Crippen LogP contribution is -2.39.